The van der Waals surface area contributed by atoms with E-state index in [9.17, 15) is 10.1 Å². The number of aromatic nitrogens is 3. The van der Waals surface area contributed by atoms with Gasteiger partial charge in [0.2, 0.25) is 0 Å². The Hall–Kier alpha value is -1.75. The van der Waals surface area contributed by atoms with Crippen LogP contribution in [0.5, 0.6) is 0 Å². The van der Waals surface area contributed by atoms with Crippen molar-refractivity contribution in [2.75, 3.05) is 5.43 Å². The van der Waals surface area contributed by atoms with E-state index in [1.165, 1.54) is 16.8 Å². The summed E-state index contributed by atoms with van der Waals surface area (Å²) in [4.78, 5) is 14.3. The van der Waals surface area contributed by atoms with Crippen LogP contribution in [0.25, 0.3) is 5.82 Å². The van der Waals surface area contributed by atoms with Crippen LogP contribution in [-0.4, -0.2) is 19.7 Å². The molecule has 2 rings (SSSR count). The number of pyridine rings is 1. The van der Waals surface area contributed by atoms with Crippen molar-refractivity contribution in [1.82, 2.24) is 14.8 Å². The third kappa shape index (κ3) is 2.50. The van der Waals surface area contributed by atoms with Gasteiger partial charge in [-0.1, -0.05) is 0 Å². The van der Waals surface area contributed by atoms with E-state index in [-0.39, 0.29) is 11.5 Å². The highest BCUT2D eigenvalue weighted by atomic mass is 127. The average molecular weight is 346 g/mol. The van der Waals surface area contributed by atoms with E-state index in [1.807, 2.05) is 0 Å². The molecular weight excluding hydrogens is 339 g/mol. The van der Waals surface area contributed by atoms with Gasteiger partial charge in [-0.3, -0.25) is 10.1 Å². The predicted molar refractivity (Wildman–Crippen MR) is 68.5 cm³/mol. The summed E-state index contributed by atoms with van der Waals surface area (Å²) in [5.41, 5.74) is 2.18. The highest BCUT2D eigenvalue weighted by molar-refractivity contribution is 14.1. The van der Waals surface area contributed by atoms with Gasteiger partial charge in [-0.15, -0.1) is 0 Å². The molecule has 2 aromatic heterocycles. The molecule has 0 radical (unpaired) electrons. The Labute approximate surface area is 109 Å². The first-order valence-corrected chi connectivity index (χ1v) is 5.51. The molecule has 0 saturated heterocycles. The van der Waals surface area contributed by atoms with E-state index in [1.54, 1.807) is 12.4 Å². The van der Waals surface area contributed by atoms with Crippen LogP contribution in [0.2, 0.25) is 0 Å². The van der Waals surface area contributed by atoms with Crippen LogP contribution in [0.1, 0.15) is 0 Å². The maximum Gasteiger partial charge on any atom is 0.276 e. The first-order valence-electron chi connectivity index (χ1n) is 4.44. The van der Waals surface area contributed by atoms with Gasteiger partial charge >= 0.3 is 0 Å². The number of anilines is 1. The third-order valence-corrected chi connectivity index (χ3v) is 2.50. The predicted octanol–water partition coefficient (Wildman–Crippen LogP) is 1.07. The number of nitrogens with two attached hydrogens (primary N) is 1. The van der Waals surface area contributed by atoms with E-state index in [4.69, 9.17) is 5.84 Å². The van der Waals surface area contributed by atoms with Crippen LogP contribution in [0, 0.1) is 13.7 Å². The van der Waals surface area contributed by atoms with Crippen molar-refractivity contribution in [3.8, 4) is 5.82 Å². The van der Waals surface area contributed by atoms with Crippen LogP contribution in [-0.2, 0) is 0 Å². The maximum absolute atomic E-state index is 10.7. The van der Waals surface area contributed by atoms with Gasteiger partial charge in [-0.05, 0) is 22.6 Å². The second-order valence-electron chi connectivity index (χ2n) is 3.07. The van der Waals surface area contributed by atoms with Gasteiger partial charge < -0.3 is 5.43 Å². The summed E-state index contributed by atoms with van der Waals surface area (Å²) in [6.45, 7) is 0. The highest BCUT2D eigenvalue weighted by Gasteiger charge is 2.12. The molecule has 0 aliphatic rings. The number of nitrogens with zero attached hydrogens (tertiary/aromatic N) is 4. The molecule has 0 bridgehead atoms. The summed E-state index contributed by atoms with van der Waals surface area (Å²) in [5.74, 6) is 5.74. The zero-order chi connectivity index (χ0) is 12.4. The molecule has 0 saturated carbocycles. The van der Waals surface area contributed by atoms with Gasteiger partial charge in [0.1, 0.15) is 5.82 Å². The van der Waals surface area contributed by atoms with Crippen molar-refractivity contribution < 1.29 is 4.92 Å². The Morgan fingerprint density at radius 1 is 1.53 bits per heavy atom. The van der Waals surface area contributed by atoms with Crippen LogP contribution in [0.15, 0.2) is 24.5 Å². The zero-order valence-corrected chi connectivity index (χ0v) is 10.5. The highest BCUT2D eigenvalue weighted by Crippen LogP contribution is 2.19. The fraction of sp³-hybridized carbons (Fsp3) is 0. The molecule has 17 heavy (non-hydrogen) atoms. The number of nitrogen functional groups attached to an aromatic ring is 1. The molecule has 0 unspecified atom stereocenters. The number of hydrogen-bond acceptors (Lipinski definition) is 6. The SMILES string of the molecule is NNc1cc([N+](=O)[O-])cc(-n2cc(I)cn2)n1. The van der Waals surface area contributed by atoms with Crippen molar-refractivity contribution in [3.05, 3.63) is 38.2 Å². The monoisotopic (exact) mass is 346 g/mol. The largest absolute Gasteiger partial charge is 0.308 e. The molecule has 8 nitrogen and oxygen atoms in total. The Morgan fingerprint density at radius 2 is 2.29 bits per heavy atom. The third-order valence-electron chi connectivity index (χ3n) is 1.94. The molecule has 0 fully saturated rings. The lowest BCUT2D eigenvalue weighted by Gasteiger charge is -2.03. The zero-order valence-electron chi connectivity index (χ0n) is 8.37. The van der Waals surface area contributed by atoms with E-state index in [0.29, 0.717) is 5.82 Å². The molecule has 0 atom stereocenters. The number of hydrazine groups is 1. The lowest BCUT2D eigenvalue weighted by molar-refractivity contribution is -0.384. The van der Waals surface area contributed by atoms with Gasteiger partial charge in [0.15, 0.2) is 5.82 Å². The number of halogens is 1. The molecule has 3 N–H and O–H groups in total. The van der Waals surface area contributed by atoms with E-state index in [2.05, 4.69) is 38.1 Å². The molecule has 88 valence electrons. The van der Waals surface area contributed by atoms with Gasteiger partial charge in [0.25, 0.3) is 5.69 Å². The topological polar surface area (TPSA) is 112 Å². The lowest BCUT2D eigenvalue weighted by atomic mass is 10.4. The van der Waals surface area contributed by atoms with Gasteiger partial charge in [-0.2, -0.15) is 5.10 Å². The van der Waals surface area contributed by atoms with Crippen molar-refractivity contribution in [2.45, 2.75) is 0 Å². The summed E-state index contributed by atoms with van der Waals surface area (Å²) >= 11 is 2.08. The van der Waals surface area contributed by atoms with E-state index >= 15 is 0 Å². The average Bonchev–Trinajstić information content (AvgIpc) is 2.75. The first-order chi connectivity index (χ1) is 8.10. The lowest BCUT2D eigenvalue weighted by Crippen LogP contribution is -2.11. The molecular formula is C8H7IN6O2. The fourth-order valence-corrected chi connectivity index (χ4v) is 1.61. The first kappa shape index (κ1) is 11.7. The number of hydrogen-bond donors (Lipinski definition) is 2. The smallest absolute Gasteiger partial charge is 0.276 e. The second-order valence-corrected chi connectivity index (χ2v) is 4.32. The van der Waals surface area contributed by atoms with E-state index < -0.39 is 4.92 Å². The summed E-state index contributed by atoms with van der Waals surface area (Å²) in [5, 5.41) is 14.8. The second kappa shape index (κ2) is 4.63. The minimum atomic E-state index is -0.513. The van der Waals surface area contributed by atoms with Crippen molar-refractivity contribution in [3.63, 3.8) is 0 Å². The molecule has 0 aliphatic carbocycles. The molecule has 0 amide bonds. The summed E-state index contributed by atoms with van der Waals surface area (Å²) in [6, 6.07) is 2.57. The van der Waals surface area contributed by atoms with Crippen molar-refractivity contribution in [2.24, 2.45) is 5.84 Å². The molecule has 0 spiro atoms. The summed E-state index contributed by atoms with van der Waals surface area (Å²) in [6.07, 6.45) is 3.32. The summed E-state index contributed by atoms with van der Waals surface area (Å²) < 4.78 is 2.34. The number of rotatable bonds is 3. The van der Waals surface area contributed by atoms with Crippen LogP contribution in [0.3, 0.4) is 0 Å². The normalized spacial score (nSPS) is 10.2. The Kier molecular flexibility index (Phi) is 3.19. The number of nitro groups is 1. The molecule has 2 aromatic rings. The van der Waals surface area contributed by atoms with Crippen LogP contribution in [0.4, 0.5) is 11.5 Å². The minimum absolute atomic E-state index is 0.103. The maximum atomic E-state index is 10.7. The quantitative estimate of drug-likeness (QED) is 0.372. The van der Waals surface area contributed by atoms with Crippen LogP contribution >= 0.6 is 22.6 Å². The van der Waals surface area contributed by atoms with Gasteiger partial charge in [0, 0.05) is 6.20 Å². The van der Waals surface area contributed by atoms with Gasteiger partial charge in [-0.25, -0.2) is 15.5 Å². The van der Waals surface area contributed by atoms with Crippen molar-refractivity contribution >= 4 is 34.1 Å². The Bertz CT molecular complexity index is 569. The standard InChI is InChI=1S/C8H7IN6O2/c9-5-3-11-14(4-5)8-2-6(15(16)17)1-7(12-8)13-10/h1-4H,10H2,(H,12,13). The fourth-order valence-electron chi connectivity index (χ4n) is 1.22. The number of nitrogens with one attached hydrogen (secondary N) is 1. The minimum Gasteiger partial charge on any atom is -0.308 e. The molecule has 2 heterocycles. The molecule has 0 aliphatic heterocycles. The van der Waals surface area contributed by atoms with Gasteiger partial charge in [0.05, 0.1) is 26.8 Å². The van der Waals surface area contributed by atoms with E-state index in [0.717, 1.165) is 3.57 Å². The molecule has 9 heteroatoms. The van der Waals surface area contributed by atoms with Crippen molar-refractivity contribution in [1.29, 1.82) is 0 Å². The molecule has 0 aromatic carbocycles. The van der Waals surface area contributed by atoms with Crippen LogP contribution < -0.4 is 11.3 Å². The Morgan fingerprint density at radius 3 is 2.82 bits per heavy atom. The summed E-state index contributed by atoms with van der Waals surface area (Å²) in [7, 11) is 0. The Balaban J connectivity index is 2.53.